The van der Waals surface area contributed by atoms with Crippen molar-refractivity contribution in [1.82, 2.24) is 9.80 Å². The SMILES string of the molecule is COc1ccc(C(=O)N2CCN3CCCC3C2)cc1O. The maximum Gasteiger partial charge on any atom is 0.254 e. The third kappa shape index (κ3) is 2.33. The minimum Gasteiger partial charge on any atom is -0.504 e. The molecular weight excluding hydrogens is 256 g/mol. The number of hydrogen-bond acceptors (Lipinski definition) is 4. The van der Waals surface area contributed by atoms with Crippen LogP contribution in [0.4, 0.5) is 0 Å². The molecule has 0 radical (unpaired) electrons. The Balaban J connectivity index is 1.74. The number of rotatable bonds is 2. The van der Waals surface area contributed by atoms with Crippen LogP contribution in [0.2, 0.25) is 0 Å². The number of ether oxygens (including phenoxy) is 1. The van der Waals surface area contributed by atoms with Crippen molar-refractivity contribution < 1.29 is 14.6 Å². The van der Waals surface area contributed by atoms with E-state index in [1.807, 2.05) is 4.90 Å². The Hall–Kier alpha value is -1.75. The van der Waals surface area contributed by atoms with Crippen LogP contribution in [0.15, 0.2) is 18.2 Å². The van der Waals surface area contributed by atoms with Gasteiger partial charge in [-0.05, 0) is 37.6 Å². The Bertz CT molecular complexity index is 518. The zero-order chi connectivity index (χ0) is 14.1. The molecule has 0 bridgehead atoms. The normalized spacial score (nSPS) is 22.6. The number of carbonyl (C=O) groups is 1. The van der Waals surface area contributed by atoms with E-state index in [2.05, 4.69) is 4.90 Å². The quantitative estimate of drug-likeness (QED) is 0.885. The Kier molecular flexibility index (Phi) is 3.53. The van der Waals surface area contributed by atoms with Gasteiger partial charge in [-0.1, -0.05) is 0 Å². The van der Waals surface area contributed by atoms with Crippen molar-refractivity contribution in [3.63, 3.8) is 0 Å². The lowest BCUT2D eigenvalue weighted by molar-refractivity contribution is 0.0571. The van der Waals surface area contributed by atoms with E-state index in [1.165, 1.54) is 26.0 Å². The van der Waals surface area contributed by atoms with E-state index in [-0.39, 0.29) is 11.7 Å². The highest BCUT2D eigenvalue weighted by Gasteiger charge is 2.32. The fourth-order valence-corrected chi connectivity index (χ4v) is 3.18. The van der Waals surface area contributed by atoms with Gasteiger partial charge in [0.1, 0.15) is 0 Å². The van der Waals surface area contributed by atoms with Gasteiger partial charge in [0, 0.05) is 31.2 Å². The molecule has 2 saturated heterocycles. The minimum atomic E-state index is -0.00509. The van der Waals surface area contributed by atoms with Gasteiger partial charge in [-0.15, -0.1) is 0 Å². The standard InChI is InChI=1S/C15H20N2O3/c1-20-14-5-4-11(9-13(14)18)15(19)17-8-7-16-6-2-3-12(16)10-17/h4-5,9,12,18H,2-3,6-8,10H2,1H3. The smallest absolute Gasteiger partial charge is 0.254 e. The summed E-state index contributed by atoms with van der Waals surface area (Å²) in [7, 11) is 1.50. The Morgan fingerprint density at radius 3 is 2.95 bits per heavy atom. The van der Waals surface area contributed by atoms with E-state index in [0.717, 1.165) is 26.2 Å². The third-order valence-electron chi connectivity index (χ3n) is 4.30. The Morgan fingerprint density at radius 2 is 2.20 bits per heavy atom. The lowest BCUT2D eigenvalue weighted by atomic mass is 10.1. The molecule has 20 heavy (non-hydrogen) atoms. The average molecular weight is 276 g/mol. The van der Waals surface area contributed by atoms with Crippen molar-refractivity contribution in [3.8, 4) is 11.5 Å². The van der Waals surface area contributed by atoms with E-state index in [9.17, 15) is 9.90 Å². The molecule has 2 fully saturated rings. The van der Waals surface area contributed by atoms with Gasteiger partial charge >= 0.3 is 0 Å². The van der Waals surface area contributed by atoms with E-state index in [1.54, 1.807) is 12.1 Å². The summed E-state index contributed by atoms with van der Waals surface area (Å²) in [6.07, 6.45) is 2.41. The average Bonchev–Trinajstić information content (AvgIpc) is 2.93. The zero-order valence-electron chi connectivity index (χ0n) is 11.7. The van der Waals surface area contributed by atoms with Crippen LogP contribution in [0.1, 0.15) is 23.2 Å². The molecule has 5 heteroatoms. The highest BCUT2D eigenvalue weighted by atomic mass is 16.5. The van der Waals surface area contributed by atoms with Gasteiger partial charge in [0.15, 0.2) is 11.5 Å². The molecule has 5 nitrogen and oxygen atoms in total. The van der Waals surface area contributed by atoms with Gasteiger partial charge in [-0.3, -0.25) is 9.69 Å². The maximum absolute atomic E-state index is 12.5. The second-order valence-corrected chi connectivity index (χ2v) is 5.47. The molecule has 0 aromatic heterocycles. The number of aromatic hydroxyl groups is 1. The van der Waals surface area contributed by atoms with Crippen molar-refractivity contribution in [3.05, 3.63) is 23.8 Å². The molecule has 1 aromatic rings. The number of benzene rings is 1. The van der Waals surface area contributed by atoms with Crippen molar-refractivity contribution in [2.45, 2.75) is 18.9 Å². The summed E-state index contributed by atoms with van der Waals surface area (Å²) < 4.78 is 5.00. The van der Waals surface area contributed by atoms with Gasteiger partial charge in [-0.25, -0.2) is 0 Å². The number of phenolic OH excluding ortho intramolecular Hbond substituents is 1. The Morgan fingerprint density at radius 1 is 1.35 bits per heavy atom. The van der Waals surface area contributed by atoms with Crippen molar-refractivity contribution in [2.75, 3.05) is 33.3 Å². The first-order chi connectivity index (χ1) is 9.69. The number of fused-ring (bicyclic) bond motifs is 1. The number of phenols is 1. The lowest BCUT2D eigenvalue weighted by Crippen LogP contribution is -2.52. The zero-order valence-corrected chi connectivity index (χ0v) is 11.7. The van der Waals surface area contributed by atoms with Crippen molar-refractivity contribution >= 4 is 5.91 Å². The molecular formula is C15H20N2O3. The molecule has 2 aliphatic rings. The van der Waals surface area contributed by atoms with Gasteiger partial charge in [-0.2, -0.15) is 0 Å². The monoisotopic (exact) mass is 276 g/mol. The summed E-state index contributed by atoms with van der Waals surface area (Å²) in [5.74, 6) is 0.398. The number of nitrogens with zero attached hydrogens (tertiary/aromatic N) is 2. The molecule has 1 atom stereocenters. The molecule has 0 aliphatic carbocycles. The Labute approximate surface area is 118 Å². The molecule has 2 heterocycles. The van der Waals surface area contributed by atoms with Crippen LogP contribution < -0.4 is 4.74 Å². The highest BCUT2D eigenvalue weighted by Crippen LogP contribution is 2.28. The van der Waals surface area contributed by atoms with E-state index >= 15 is 0 Å². The molecule has 0 spiro atoms. The van der Waals surface area contributed by atoms with Crippen LogP contribution in [0.3, 0.4) is 0 Å². The summed E-state index contributed by atoms with van der Waals surface area (Å²) in [6.45, 7) is 3.68. The molecule has 108 valence electrons. The van der Waals surface area contributed by atoms with Crippen LogP contribution in [0.5, 0.6) is 11.5 Å². The summed E-state index contributed by atoms with van der Waals surface area (Å²) in [4.78, 5) is 16.9. The molecule has 2 aliphatic heterocycles. The van der Waals surface area contributed by atoms with Gasteiger partial charge < -0.3 is 14.7 Å². The first-order valence-electron chi connectivity index (χ1n) is 7.09. The summed E-state index contributed by atoms with van der Waals surface area (Å²) >= 11 is 0. The molecule has 1 aromatic carbocycles. The minimum absolute atomic E-state index is 0.00509. The van der Waals surface area contributed by atoms with Gasteiger partial charge in [0.05, 0.1) is 7.11 Å². The largest absolute Gasteiger partial charge is 0.504 e. The molecule has 1 amide bonds. The topological polar surface area (TPSA) is 53.0 Å². The predicted octanol–water partition coefficient (Wildman–Crippen LogP) is 1.32. The number of piperazine rings is 1. The number of hydrogen-bond donors (Lipinski definition) is 1. The van der Waals surface area contributed by atoms with Crippen LogP contribution >= 0.6 is 0 Å². The van der Waals surface area contributed by atoms with Crippen molar-refractivity contribution in [1.29, 1.82) is 0 Å². The fourth-order valence-electron chi connectivity index (χ4n) is 3.18. The molecule has 3 rings (SSSR count). The van der Waals surface area contributed by atoms with Crippen LogP contribution in [0.25, 0.3) is 0 Å². The van der Waals surface area contributed by atoms with Gasteiger partial charge in [0.2, 0.25) is 0 Å². The van der Waals surface area contributed by atoms with Crippen LogP contribution in [-0.4, -0.2) is 60.1 Å². The highest BCUT2D eigenvalue weighted by molar-refractivity contribution is 5.95. The second-order valence-electron chi connectivity index (χ2n) is 5.47. The van der Waals surface area contributed by atoms with E-state index in [0.29, 0.717) is 17.4 Å². The molecule has 0 saturated carbocycles. The maximum atomic E-state index is 12.5. The number of carbonyl (C=O) groups excluding carboxylic acids is 1. The third-order valence-corrected chi connectivity index (χ3v) is 4.30. The fraction of sp³-hybridized carbons (Fsp3) is 0.533. The van der Waals surface area contributed by atoms with Crippen LogP contribution in [0, 0.1) is 0 Å². The summed E-state index contributed by atoms with van der Waals surface area (Å²) in [5.41, 5.74) is 0.523. The molecule has 1 unspecified atom stereocenters. The predicted molar refractivity (Wildman–Crippen MR) is 75.2 cm³/mol. The first kappa shape index (κ1) is 13.2. The number of amides is 1. The summed E-state index contributed by atoms with van der Waals surface area (Å²) in [6, 6.07) is 5.35. The lowest BCUT2D eigenvalue weighted by Gasteiger charge is -2.37. The second kappa shape index (κ2) is 5.32. The summed E-state index contributed by atoms with van der Waals surface area (Å²) in [5, 5.41) is 9.78. The van der Waals surface area contributed by atoms with E-state index in [4.69, 9.17) is 4.74 Å². The first-order valence-corrected chi connectivity index (χ1v) is 7.09. The van der Waals surface area contributed by atoms with Crippen molar-refractivity contribution in [2.24, 2.45) is 0 Å². The van der Waals surface area contributed by atoms with E-state index < -0.39 is 0 Å². The number of methoxy groups -OCH3 is 1. The molecule has 1 N–H and O–H groups in total. The van der Waals surface area contributed by atoms with Crippen LogP contribution in [-0.2, 0) is 0 Å². The van der Waals surface area contributed by atoms with Gasteiger partial charge in [0.25, 0.3) is 5.91 Å².